The highest BCUT2D eigenvalue weighted by atomic mass is 16.1. The number of carbonyl (C=O) groups excluding carboxylic acids is 1. The summed E-state index contributed by atoms with van der Waals surface area (Å²) in [6, 6.07) is 0.467. The van der Waals surface area contributed by atoms with Crippen LogP contribution >= 0.6 is 0 Å². The molecule has 0 atom stereocenters. The smallest absolute Gasteiger partial charge is 0.254 e. The molecule has 0 aromatic carbocycles. The van der Waals surface area contributed by atoms with Crippen LogP contribution in [0, 0.1) is 0 Å². The fourth-order valence-corrected chi connectivity index (χ4v) is 2.22. The summed E-state index contributed by atoms with van der Waals surface area (Å²) >= 11 is 0. The van der Waals surface area contributed by atoms with E-state index in [9.17, 15) is 4.79 Å². The number of carbonyl (C=O) groups is 1. The molecule has 2 N–H and O–H groups in total. The zero-order chi connectivity index (χ0) is 13.5. The molecule has 1 saturated carbocycles. The Bertz CT molecular complexity index is 424. The molecule has 0 saturated heterocycles. The lowest BCUT2D eigenvalue weighted by molar-refractivity contribution is 0.0957. The number of hydrogen-bond acceptors (Lipinski definition) is 4. The first-order valence-electron chi connectivity index (χ1n) is 6.77. The number of amides is 1. The van der Waals surface area contributed by atoms with E-state index in [1.54, 1.807) is 18.5 Å². The molecular formula is C14H20N4O. The molecule has 1 amide bonds. The molecule has 1 aliphatic carbocycles. The largest absolute Gasteiger partial charge is 0.351 e. The lowest BCUT2D eigenvalue weighted by atomic mass is 9.96. The minimum absolute atomic E-state index is 0.177. The van der Waals surface area contributed by atoms with E-state index in [1.807, 2.05) is 0 Å². The molecule has 19 heavy (non-hydrogen) atoms. The summed E-state index contributed by atoms with van der Waals surface area (Å²) in [4.78, 5) is 20.0. The molecule has 5 nitrogen and oxygen atoms in total. The first kappa shape index (κ1) is 13.5. The maximum Gasteiger partial charge on any atom is 0.254 e. The van der Waals surface area contributed by atoms with Gasteiger partial charge in [-0.05, 0) is 12.8 Å². The summed E-state index contributed by atoms with van der Waals surface area (Å²) in [6.45, 7) is 3.99. The number of rotatable bonds is 5. The first-order chi connectivity index (χ1) is 9.29. The van der Waals surface area contributed by atoms with Gasteiger partial charge in [0.05, 0.1) is 5.56 Å². The highest BCUT2D eigenvalue weighted by molar-refractivity contribution is 5.93. The summed E-state index contributed by atoms with van der Waals surface area (Å²) in [6.07, 6.45) is 10.9. The predicted octanol–water partition coefficient (Wildman–Crippen LogP) is 2.14. The van der Waals surface area contributed by atoms with Gasteiger partial charge in [0.25, 0.3) is 5.91 Å². The highest BCUT2D eigenvalue weighted by Crippen LogP contribution is 2.19. The van der Waals surface area contributed by atoms with Crippen molar-refractivity contribution in [3.8, 4) is 0 Å². The van der Waals surface area contributed by atoms with Crippen molar-refractivity contribution < 1.29 is 4.79 Å². The topological polar surface area (TPSA) is 66.9 Å². The Kier molecular flexibility index (Phi) is 4.89. The predicted molar refractivity (Wildman–Crippen MR) is 75.1 cm³/mol. The Labute approximate surface area is 113 Å². The Morgan fingerprint density at radius 3 is 2.63 bits per heavy atom. The van der Waals surface area contributed by atoms with E-state index in [0.717, 1.165) is 0 Å². The van der Waals surface area contributed by atoms with Crippen LogP contribution in [0.3, 0.4) is 0 Å². The summed E-state index contributed by atoms with van der Waals surface area (Å²) in [5.74, 6) is 0.427. The summed E-state index contributed by atoms with van der Waals surface area (Å²) in [5, 5.41) is 6.01. The SMILES string of the molecule is C=CCNC(=O)c1cnc(NC2CCCCC2)nc1. The zero-order valence-corrected chi connectivity index (χ0v) is 11.1. The van der Waals surface area contributed by atoms with Gasteiger partial charge in [0, 0.05) is 25.0 Å². The standard InChI is InChI=1S/C14H20N4O/c1-2-8-15-13(19)11-9-16-14(17-10-11)18-12-6-4-3-5-7-12/h2,9-10,12H,1,3-8H2,(H,15,19)(H,16,17,18). The fraction of sp³-hybridized carbons (Fsp3) is 0.500. The van der Waals surface area contributed by atoms with Crippen LogP contribution in [-0.4, -0.2) is 28.5 Å². The molecule has 0 unspecified atom stereocenters. The van der Waals surface area contributed by atoms with Gasteiger partial charge in [-0.15, -0.1) is 6.58 Å². The number of nitrogens with one attached hydrogen (secondary N) is 2. The zero-order valence-electron chi connectivity index (χ0n) is 11.1. The van der Waals surface area contributed by atoms with Crippen LogP contribution in [-0.2, 0) is 0 Å². The number of nitrogens with zero attached hydrogens (tertiary/aromatic N) is 2. The normalized spacial score (nSPS) is 15.8. The van der Waals surface area contributed by atoms with E-state index >= 15 is 0 Å². The van der Waals surface area contributed by atoms with Crippen molar-refractivity contribution in [3.05, 3.63) is 30.6 Å². The lowest BCUT2D eigenvalue weighted by Gasteiger charge is -2.22. The molecule has 1 aromatic rings. The average Bonchev–Trinajstić information content (AvgIpc) is 2.46. The van der Waals surface area contributed by atoms with Crippen LogP contribution < -0.4 is 10.6 Å². The van der Waals surface area contributed by atoms with Crippen molar-refractivity contribution in [3.63, 3.8) is 0 Å². The fourth-order valence-electron chi connectivity index (χ4n) is 2.22. The van der Waals surface area contributed by atoms with Crippen molar-refractivity contribution in [1.29, 1.82) is 0 Å². The second-order valence-electron chi connectivity index (χ2n) is 4.77. The van der Waals surface area contributed by atoms with Gasteiger partial charge in [0.1, 0.15) is 0 Å². The molecule has 2 rings (SSSR count). The quantitative estimate of drug-likeness (QED) is 0.796. The summed E-state index contributed by atoms with van der Waals surface area (Å²) in [7, 11) is 0. The Morgan fingerprint density at radius 2 is 2.00 bits per heavy atom. The number of aromatic nitrogens is 2. The molecule has 1 aliphatic rings. The third-order valence-corrected chi connectivity index (χ3v) is 3.26. The average molecular weight is 260 g/mol. The van der Waals surface area contributed by atoms with Gasteiger partial charge in [-0.1, -0.05) is 25.3 Å². The van der Waals surface area contributed by atoms with Gasteiger partial charge in [-0.25, -0.2) is 9.97 Å². The van der Waals surface area contributed by atoms with Crippen LogP contribution in [0.15, 0.2) is 25.0 Å². The van der Waals surface area contributed by atoms with Gasteiger partial charge in [0.15, 0.2) is 0 Å². The third kappa shape index (κ3) is 4.05. The molecular weight excluding hydrogens is 240 g/mol. The van der Waals surface area contributed by atoms with E-state index < -0.39 is 0 Å². The highest BCUT2D eigenvalue weighted by Gasteiger charge is 2.14. The minimum atomic E-state index is -0.177. The first-order valence-corrected chi connectivity index (χ1v) is 6.77. The van der Waals surface area contributed by atoms with Crippen molar-refractivity contribution in [1.82, 2.24) is 15.3 Å². The maximum absolute atomic E-state index is 11.6. The summed E-state index contributed by atoms with van der Waals surface area (Å²) in [5.41, 5.74) is 0.469. The number of hydrogen-bond donors (Lipinski definition) is 2. The van der Waals surface area contributed by atoms with Gasteiger partial charge >= 0.3 is 0 Å². The molecule has 0 bridgehead atoms. The Balaban J connectivity index is 1.90. The van der Waals surface area contributed by atoms with Crippen molar-refractivity contribution in [2.45, 2.75) is 38.1 Å². The van der Waals surface area contributed by atoms with Crippen LogP contribution in [0.1, 0.15) is 42.5 Å². The van der Waals surface area contributed by atoms with E-state index in [0.29, 0.717) is 24.1 Å². The molecule has 0 spiro atoms. The minimum Gasteiger partial charge on any atom is -0.351 e. The Hall–Kier alpha value is -1.91. The van der Waals surface area contributed by atoms with Crippen molar-refractivity contribution >= 4 is 11.9 Å². The van der Waals surface area contributed by atoms with E-state index in [1.165, 1.54) is 32.1 Å². The second-order valence-corrected chi connectivity index (χ2v) is 4.77. The second kappa shape index (κ2) is 6.87. The molecule has 1 fully saturated rings. The van der Waals surface area contributed by atoms with Gasteiger partial charge in [-0.3, -0.25) is 4.79 Å². The monoisotopic (exact) mass is 260 g/mol. The van der Waals surface area contributed by atoms with Crippen molar-refractivity contribution in [2.75, 3.05) is 11.9 Å². The summed E-state index contributed by atoms with van der Waals surface area (Å²) < 4.78 is 0. The molecule has 1 heterocycles. The van der Waals surface area contributed by atoms with Gasteiger partial charge < -0.3 is 10.6 Å². The maximum atomic E-state index is 11.6. The van der Waals surface area contributed by atoms with Crippen LogP contribution in [0.4, 0.5) is 5.95 Å². The molecule has 0 aliphatic heterocycles. The molecule has 0 radical (unpaired) electrons. The van der Waals surface area contributed by atoms with Crippen LogP contribution in [0.5, 0.6) is 0 Å². The van der Waals surface area contributed by atoms with Crippen molar-refractivity contribution in [2.24, 2.45) is 0 Å². The Morgan fingerprint density at radius 1 is 1.32 bits per heavy atom. The van der Waals surface area contributed by atoms with E-state index in [-0.39, 0.29) is 5.91 Å². The molecule has 102 valence electrons. The van der Waals surface area contributed by atoms with Crippen LogP contribution in [0.2, 0.25) is 0 Å². The molecule has 5 heteroatoms. The number of anilines is 1. The van der Waals surface area contributed by atoms with E-state index in [2.05, 4.69) is 27.2 Å². The van der Waals surface area contributed by atoms with Gasteiger partial charge in [0.2, 0.25) is 5.95 Å². The van der Waals surface area contributed by atoms with Crippen LogP contribution in [0.25, 0.3) is 0 Å². The van der Waals surface area contributed by atoms with E-state index in [4.69, 9.17) is 0 Å². The van der Waals surface area contributed by atoms with Gasteiger partial charge in [-0.2, -0.15) is 0 Å². The third-order valence-electron chi connectivity index (χ3n) is 3.26. The molecule has 1 aromatic heterocycles. The lowest BCUT2D eigenvalue weighted by Crippen LogP contribution is -2.25.